The highest BCUT2D eigenvalue weighted by atomic mass is 32.1. The fraction of sp³-hybridized carbons (Fsp3) is 0.522. The highest BCUT2D eigenvalue weighted by molar-refractivity contribution is 7.80. The number of aliphatic imine (C=N–C) groups is 1. The van der Waals surface area contributed by atoms with Gasteiger partial charge in [0.2, 0.25) is 17.7 Å². The van der Waals surface area contributed by atoms with Gasteiger partial charge in [0.25, 0.3) is 0 Å². The molecule has 1 aromatic rings. The number of carboxylic acids is 1. The molecule has 37 heavy (non-hydrogen) atoms. The van der Waals surface area contributed by atoms with Crippen LogP contribution in [-0.2, 0) is 25.6 Å². The van der Waals surface area contributed by atoms with Crippen molar-refractivity contribution >= 4 is 42.3 Å². The average molecular weight is 540 g/mol. The minimum absolute atomic E-state index is 0.0760. The number of phenolic OH excluding ortho intramolecular Hbond substituents is 1. The molecule has 0 aliphatic rings. The predicted molar refractivity (Wildman–Crippen MR) is 142 cm³/mol. The van der Waals surface area contributed by atoms with Crippen LogP contribution in [0, 0.1) is 5.92 Å². The first-order valence-corrected chi connectivity index (χ1v) is 12.3. The van der Waals surface area contributed by atoms with Crippen molar-refractivity contribution < 1.29 is 29.4 Å². The number of guanidine groups is 1. The molecule has 0 bridgehead atoms. The SMILES string of the molecule is CC(C)C(NC(=O)C(CCCN=C(N)N)NC(=O)C(N)Cc1ccc(O)cc1)C(=O)NC(CS)C(=O)O. The van der Waals surface area contributed by atoms with Gasteiger partial charge in [-0.15, -0.1) is 0 Å². The average Bonchev–Trinajstić information content (AvgIpc) is 2.83. The molecule has 0 spiro atoms. The summed E-state index contributed by atoms with van der Waals surface area (Å²) in [5.41, 5.74) is 17.4. The van der Waals surface area contributed by atoms with E-state index in [9.17, 15) is 29.4 Å². The molecule has 206 valence electrons. The maximum Gasteiger partial charge on any atom is 0.327 e. The molecule has 0 aromatic heterocycles. The molecule has 0 aliphatic carbocycles. The number of thiol groups is 1. The number of hydrogen-bond acceptors (Lipinski definition) is 8. The molecule has 3 amide bonds. The number of amides is 3. The summed E-state index contributed by atoms with van der Waals surface area (Å²) < 4.78 is 0. The Labute approximate surface area is 221 Å². The molecule has 1 aromatic carbocycles. The van der Waals surface area contributed by atoms with E-state index in [0.717, 1.165) is 0 Å². The summed E-state index contributed by atoms with van der Waals surface area (Å²) in [5.74, 6) is -3.77. The zero-order chi connectivity index (χ0) is 28.1. The maximum atomic E-state index is 13.1. The van der Waals surface area contributed by atoms with Crippen molar-refractivity contribution in [2.24, 2.45) is 28.1 Å². The Kier molecular flexibility index (Phi) is 13.3. The molecule has 0 fully saturated rings. The van der Waals surface area contributed by atoms with E-state index < -0.39 is 53.8 Å². The van der Waals surface area contributed by atoms with Crippen LogP contribution in [0.1, 0.15) is 32.3 Å². The second-order valence-electron chi connectivity index (χ2n) is 8.80. The number of benzene rings is 1. The van der Waals surface area contributed by atoms with Crippen molar-refractivity contribution in [3.63, 3.8) is 0 Å². The second kappa shape index (κ2) is 15.6. The van der Waals surface area contributed by atoms with Crippen molar-refractivity contribution in [2.75, 3.05) is 12.3 Å². The highest BCUT2D eigenvalue weighted by Gasteiger charge is 2.31. The summed E-state index contributed by atoms with van der Waals surface area (Å²) in [4.78, 5) is 53.8. The van der Waals surface area contributed by atoms with Crippen LogP contribution in [0.4, 0.5) is 0 Å². The van der Waals surface area contributed by atoms with E-state index in [1.54, 1.807) is 26.0 Å². The predicted octanol–water partition coefficient (Wildman–Crippen LogP) is -1.56. The Bertz CT molecular complexity index is 953. The van der Waals surface area contributed by atoms with E-state index in [2.05, 4.69) is 33.6 Å². The number of carbonyl (C=O) groups excluding carboxylic acids is 3. The van der Waals surface area contributed by atoms with Crippen LogP contribution >= 0.6 is 12.6 Å². The number of hydrogen-bond donors (Lipinski definition) is 9. The van der Waals surface area contributed by atoms with Crippen LogP contribution in [0.5, 0.6) is 5.75 Å². The summed E-state index contributed by atoms with van der Waals surface area (Å²) in [7, 11) is 0. The molecular weight excluding hydrogens is 502 g/mol. The van der Waals surface area contributed by atoms with Crippen LogP contribution in [0.25, 0.3) is 0 Å². The van der Waals surface area contributed by atoms with E-state index in [4.69, 9.17) is 17.2 Å². The lowest BCUT2D eigenvalue weighted by Gasteiger charge is -2.27. The quantitative estimate of drug-likeness (QED) is 0.0541. The van der Waals surface area contributed by atoms with Gasteiger partial charge in [0, 0.05) is 12.3 Å². The molecule has 13 nitrogen and oxygen atoms in total. The normalized spacial score (nSPS) is 14.1. The van der Waals surface area contributed by atoms with Gasteiger partial charge in [-0.1, -0.05) is 26.0 Å². The van der Waals surface area contributed by atoms with Crippen molar-refractivity contribution in [3.8, 4) is 5.75 Å². The van der Waals surface area contributed by atoms with Crippen LogP contribution in [0.3, 0.4) is 0 Å². The van der Waals surface area contributed by atoms with E-state index in [1.165, 1.54) is 12.1 Å². The molecule has 14 heteroatoms. The Balaban J connectivity index is 2.97. The van der Waals surface area contributed by atoms with Gasteiger partial charge in [-0.25, -0.2) is 4.79 Å². The van der Waals surface area contributed by atoms with Gasteiger partial charge >= 0.3 is 5.97 Å². The Morgan fingerprint density at radius 2 is 1.57 bits per heavy atom. The number of carbonyl (C=O) groups is 4. The largest absolute Gasteiger partial charge is 0.508 e. The number of rotatable bonds is 15. The number of nitrogens with two attached hydrogens (primary N) is 3. The topological polar surface area (TPSA) is 235 Å². The third-order valence-corrected chi connectivity index (χ3v) is 5.72. The van der Waals surface area contributed by atoms with Gasteiger partial charge in [-0.05, 0) is 42.9 Å². The fourth-order valence-electron chi connectivity index (χ4n) is 3.27. The first-order chi connectivity index (χ1) is 17.3. The number of carboxylic acid groups (broad SMARTS) is 1. The van der Waals surface area contributed by atoms with Gasteiger partial charge in [0.15, 0.2) is 5.96 Å². The summed E-state index contributed by atoms with van der Waals surface area (Å²) in [6.07, 6.45) is 0.635. The molecule has 0 heterocycles. The molecule has 0 saturated carbocycles. The minimum atomic E-state index is -1.26. The standard InChI is InChI=1S/C23H37N7O6S/c1-12(2)18(21(34)29-17(11-37)22(35)36)30-20(33)16(4-3-9-27-23(25)26)28-19(32)15(24)10-13-5-7-14(31)8-6-13/h5-8,12,15-18,31,37H,3-4,9-11,24H2,1-2H3,(H,28,32)(H,29,34)(H,30,33)(H,35,36)(H4,25,26,27). The van der Waals surface area contributed by atoms with E-state index in [0.29, 0.717) is 12.0 Å². The number of aromatic hydroxyl groups is 1. The van der Waals surface area contributed by atoms with Crippen molar-refractivity contribution in [1.82, 2.24) is 16.0 Å². The van der Waals surface area contributed by atoms with Gasteiger partial charge in [-0.3, -0.25) is 19.4 Å². The highest BCUT2D eigenvalue weighted by Crippen LogP contribution is 2.11. The zero-order valence-corrected chi connectivity index (χ0v) is 21.8. The number of nitrogens with zero attached hydrogens (tertiary/aromatic N) is 1. The second-order valence-corrected chi connectivity index (χ2v) is 9.16. The van der Waals surface area contributed by atoms with E-state index in [1.807, 2.05) is 0 Å². The Morgan fingerprint density at radius 1 is 0.973 bits per heavy atom. The number of aliphatic carboxylic acids is 1. The van der Waals surface area contributed by atoms with Crippen LogP contribution < -0.4 is 33.2 Å². The van der Waals surface area contributed by atoms with Crippen LogP contribution in [0.15, 0.2) is 29.3 Å². The Morgan fingerprint density at radius 3 is 2.08 bits per heavy atom. The van der Waals surface area contributed by atoms with E-state index in [-0.39, 0.29) is 36.8 Å². The lowest BCUT2D eigenvalue weighted by atomic mass is 10.0. The fourth-order valence-corrected chi connectivity index (χ4v) is 3.51. The van der Waals surface area contributed by atoms with Crippen molar-refractivity contribution in [1.29, 1.82) is 0 Å². The zero-order valence-electron chi connectivity index (χ0n) is 20.9. The minimum Gasteiger partial charge on any atom is -0.508 e. The lowest BCUT2D eigenvalue weighted by Crippen LogP contribution is -2.58. The smallest absolute Gasteiger partial charge is 0.327 e. The molecule has 4 atom stereocenters. The number of phenols is 1. The summed E-state index contributed by atoms with van der Waals surface area (Å²) >= 11 is 3.93. The first-order valence-electron chi connectivity index (χ1n) is 11.7. The lowest BCUT2D eigenvalue weighted by molar-refractivity contribution is -0.142. The van der Waals surface area contributed by atoms with Crippen LogP contribution in [0.2, 0.25) is 0 Å². The maximum absolute atomic E-state index is 13.1. The third-order valence-electron chi connectivity index (χ3n) is 5.35. The molecule has 11 N–H and O–H groups in total. The number of nitrogens with one attached hydrogen (secondary N) is 3. The first kappa shape index (κ1) is 31.5. The van der Waals surface area contributed by atoms with Crippen molar-refractivity contribution in [3.05, 3.63) is 29.8 Å². The molecule has 1 rings (SSSR count). The molecule has 0 saturated heterocycles. The van der Waals surface area contributed by atoms with Gasteiger partial charge < -0.3 is 43.4 Å². The summed E-state index contributed by atoms with van der Waals surface area (Å²) in [5, 5.41) is 26.2. The summed E-state index contributed by atoms with van der Waals surface area (Å²) in [6.45, 7) is 3.57. The summed E-state index contributed by atoms with van der Waals surface area (Å²) in [6, 6.07) is 1.83. The monoisotopic (exact) mass is 539 g/mol. The van der Waals surface area contributed by atoms with Gasteiger partial charge in [-0.2, -0.15) is 12.6 Å². The molecular formula is C23H37N7O6S. The molecule has 4 unspecified atom stereocenters. The third kappa shape index (κ3) is 11.4. The van der Waals surface area contributed by atoms with Crippen molar-refractivity contribution in [2.45, 2.75) is 57.3 Å². The molecule has 0 aliphatic heterocycles. The van der Waals surface area contributed by atoms with Crippen LogP contribution in [-0.4, -0.2) is 76.3 Å². The van der Waals surface area contributed by atoms with E-state index >= 15 is 0 Å². The Hall–Kier alpha value is -3.52. The van der Waals surface area contributed by atoms with Gasteiger partial charge in [0.1, 0.15) is 23.9 Å². The molecule has 0 radical (unpaired) electrons. The van der Waals surface area contributed by atoms with Gasteiger partial charge in [0.05, 0.1) is 6.04 Å².